The van der Waals surface area contributed by atoms with Gasteiger partial charge >= 0.3 is 0 Å². The van der Waals surface area contributed by atoms with Crippen LogP contribution >= 0.6 is 0 Å². The SMILES string of the molecule is CC(CO)C1CCC2(CCC(C(C)CO)C2)C1. The zero-order valence-electron chi connectivity index (χ0n) is 11.4. The predicted molar refractivity (Wildman–Crippen MR) is 69.6 cm³/mol. The fourth-order valence-electron chi connectivity index (χ4n) is 4.19. The molecule has 0 aliphatic heterocycles. The molecule has 0 bridgehead atoms. The summed E-state index contributed by atoms with van der Waals surface area (Å²) in [5.74, 6) is 2.43. The van der Waals surface area contributed by atoms with Crippen molar-refractivity contribution in [3.8, 4) is 0 Å². The van der Waals surface area contributed by atoms with Crippen LogP contribution in [0.3, 0.4) is 0 Å². The molecule has 4 atom stereocenters. The highest BCUT2D eigenvalue weighted by atomic mass is 16.3. The summed E-state index contributed by atoms with van der Waals surface area (Å²) in [6.07, 6.45) is 7.98. The number of aliphatic hydroxyl groups excluding tert-OH is 2. The normalized spacial score (nSPS) is 40.9. The fourth-order valence-corrected chi connectivity index (χ4v) is 4.19. The minimum atomic E-state index is 0.344. The molecule has 1 spiro atoms. The first kappa shape index (κ1) is 13.4. The summed E-state index contributed by atoms with van der Waals surface area (Å²) >= 11 is 0. The Morgan fingerprint density at radius 3 is 1.71 bits per heavy atom. The van der Waals surface area contributed by atoms with Crippen LogP contribution in [0.15, 0.2) is 0 Å². The monoisotopic (exact) mass is 240 g/mol. The second-order valence-electron chi connectivity index (χ2n) is 6.83. The number of aliphatic hydroxyl groups is 2. The van der Waals surface area contributed by atoms with Crippen molar-refractivity contribution in [2.75, 3.05) is 13.2 Å². The van der Waals surface area contributed by atoms with E-state index in [1.165, 1.54) is 38.5 Å². The van der Waals surface area contributed by atoms with Gasteiger partial charge in [-0.3, -0.25) is 0 Å². The van der Waals surface area contributed by atoms with Crippen molar-refractivity contribution >= 4 is 0 Å². The molecule has 0 aromatic carbocycles. The highest BCUT2D eigenvalue weighted by Crippen LogP contribution is 2.57. The standard InChI is InChI=1S/C15H28O2/c1-11(9-16)13-3-5-15(7-13)6-4-14(8-15)12(2)10-17/h11-14,16-17H,3-10H2,1-2H3. The van der Waals surface area contributed by atoms with Gasteiger partial charge < -0.3 is 10.2 Å². The Balaban J connectivity index is 1.91. The Hall–Kier alpha value is -0.0800. The van der Waals surface area contributed by atoms with Gasteiger partial charge in [0.2, 0.25) is 0 Å². The molecule has 2 rings (SSSR count). The topological polar surface area (TPSA) is 40.5 Å². The third-order valence-electron chi connectivity index (χ3n) is 5.67. The molecule has 17 heavy (non-hydrogen) atoms. The van der Waals surface area contributed by atoms with E-state index < -0.39 is 0 Å². The molecule has 2 fully saturated rings. The molecule has 100 valence electrons. The van der Waals surface area contributed by atoms with Crippen LogP contribution in [-0.2, 0) is 0 Å². The number of rotatable bonds is 4. The average Bonchev–Trinajstić information content (AvgIpc) is 2.96. The van der Waals surface area contributed by atoms with Crippen molar-refractivity contribution in [2.45, 2.75) is 52.4 Å². The van der Waals surface area contributed by atoms with Crippen LogP contribution in [0, 0.1) is 29.1 Å². The van der Waals surface area contributed by atoms with Crippen LogP contribution in [0.1, 0.15) is 52.4 Å². The Bertz CT molecular complexity index is 225. The summed E-state index contributed by atoms with van der Waals surface area (Å²) in [5.41, 5.74) is 0.572. The van der Waals surface area contributed by atoms with Gasteiger partial charge in [0.05, 0.1) is 0 Å². The first-order valence-electron chi connectivity index (χ1n) is 7.32. The van der Waals surface area contributed by atoms with Crippen molar-refractivity contribution in [1.29, 1.82) is 0 Å². The molecule has 4 unspecified atom stereocenters. The van der Waals surface area contributed by atoms with Gasteiger partial charge in [-0.2, -0.15) is 0 Å². The highest BCUT2D eigenvalue weighted by Gasteiger charge is 2.46. The van der Waals surface area contributed by atoms with Crippen LogP contribution in [0.4, 0.5) is 0 Å². The lowest BCUT2D eigenvalue weighted by atomic mass is 9.80. The molecule has 2 nitrogen and oxygen atoms in total. The van der Waals surface area contributed by atoms with E-state index in [9.17, 15) is 10.2 Å². The lowest BCUT2D eigenvalue weighted by molar-refractivity contribution is 0.164. The van der Waals surface area contributed by atoms with Crippen LogP contribution in [0.25, 0.3) is 0 Å². The maximum Gasteiger partial charge on any atom is 0.0459 e. The van der Waals surface area contributed by atoms with E-state index in [0.717, 1.165) is 11.8 Å². The first-order chi connectivity index (χ1) is 8.10. The van der Waals surface area contributed by atoms with Gasteiger partial charge in [-0.15, -0.1) is 0 Å². The maximum absolute atomic E-state index is 9.27. The second-order valence-corrected chi connectivity index (χ2v) is 6.83. The Labute approximate surface area is 105 Å². The summed E-state index contributed by atoms with van der Waals surface area (Å²) in [5, 5.41) is 18.5. The van der Waals surface area contributed by atoms with Crippen LogP contribution in [0.5, 0.6) is 0 Å². The molecule has 0 radical (unpaired) electrons. The van der Waals surface area contributed by atoms with E-state index in [0.29, 0.717) is 30.5 Å². The third-order valence-corrected chi connectivity index (χ3v) is 5.67. The number of hydrogen-bond acceptors (Lipinski definition) is 2. The summed E-state index contributed by atoms with van der Waals surface area (Å²) in [4.78, 5) is 0. The van der Waals surface area contributed by atoms with Crippen LogP contribution in [0.2, 0.25) is 0 Å². The van der Waals surface area contributed by atoms with Crippen LogP contribution < -0.4 is 0 Å². The molecule has 2 heteroatoms. The second kappa shape index (κ2) is 5.27. The van der Waals surface area contributed by atoms with Gasteiger partial charge in [0.1, 0.15) is 0 Å². The highest BCUT2D eigenvalue weighted by molar-refractivity contribution is 4.97. The van der Waals surface area contributed by atoms with E-state index in [1.54, 1.807) is 0 Å². The zero-order valence-corrected chi connectivity index (χ0v) is 11.4. The third kappa shape index (κ3) is 2.68. The van der Waals surface area contributed by atoms with Crippen molar-refractivity contribution in [2.24, 2.45) is 29.1 Å². The molecule has 2 saturated carbocycles. The molecule has 0 amide bonds. The minimum Gasteiger partial charge on any atom is -0.396 e. The van der Waals surface area contributed by atoms with E-state index in [4.69, 9.17) is 0 Å². The van der Waals surface area contributed by atoms with Gasteiger partial charge in [-0.05, 0) is 67.6 Å². The van der Waals surface area contributed by atoms with Crippen molar-refractivity contribution in [3.05, 3.63) is 0 Å². The van der Waals surface area contributed by atoms with Gasteiger partial charge in [-0.25, -0.2) is 0 Å². The van der Waals surface area contributed by atoms with Crippen molar-refractivity contribution in [1.82, 2.24) is 0 Å². The molecule has 0 aromatic rings. The first-order valence-corrected chi connectivity index (χ1v) is 7.32. The largest absolute Gasteiger partial charge is 0.396 e. The van der Waals surface area contributed by atoms with E-state index in [2.05, 4.69) is 13.8 Å². The van der Waals surface area contributed by atoms with Crippen molar-refractivity contribution in [3.63, 3.8) is 0 Å². The molecule has 0 saturated heterocycles. The van der Waals surface area contributed by atoms with E-state index in [-0.39, 0.29) is 0 Å². The Morgan fingerprint density at radius 2 is 1.35 bits per heavy atom. The van der Waals surface area contributed by atoms with Gasteiger partial charge in [0.25, 0.3) is 0 Å². The lowest BCUT2D eigenvalue weighted by Gasteiger charge is -2.26. The quantitative estimate of drug-likeness (QED) is 0.793. The predicted octanol–water partition coefficient (Wildman–Crippen LogP) is 2.83. The summed E-state index contributed by atoms with van der Waals surface area (Å²) in [6.45, 7) is 5.06. The van der Waals surface area contributed by atoms with Crippen molar-refractivity contribution < 1.29 is 10.2 Å². The molecule has 0 heterocycles. The summed E-state index contributed by atoms with van der Waals surface area (Å²) < 4.78 is 0. The van der Waals surface area contributed by atoms with Gasteiger partial charge in [-0.1, -0.05) is 13.8 Å². The zero-order chi connectivity index (χ0) is 12.5. The summed E-state index contributed by atoms with van der Waals surface area (Å²) in [6, 6.07) is 0. The van der Waals surface area contributed by atoms with Gasteiger partial charge in [0, 0.05) is 13.2 Å². The average molecular weight is 240 g/mol. The molecular formula is C15H28O2. The maximum atomic E-state index is 9.27. The molecule has 2 aliphatic rings. The smallest absolute Gasteiger partial charge is 0.0459 e. The molecular weight excluding hydrogens is 212 g/mol. The lowest BCUT2D eigenvalue weighted by Crippen LogP contribution is -2.19. The van der Waals surface area contributed by atoms with Gasteiger partial charge in [0.15, 0.2) is 0 Å². The Kier molecular flexibility index (Phi) is 4.14. The molecule has 2 N–H and O–H groups in total. The molecule has 0 aromatic heterocycles. The fraction of sp³-hybridized carbons (Fsp3) is 1.00. The van der Waals surface area contributed by atoms with E-state index >= 15 is 0 Å². The van der Waals surface area contributed by atoms with E-state index in [1.807, 2.05) is 0 Å². The molecule has 2 aliphatic carbocycles. The van der Waals surface area contributed by atoms with Crippen LogP contribution in [-0.4, -0.2) is 23.4 Å². The minimum absolute atomic E-state index is 0.344. The number of hydrogen-bond donors (Lipinski definition) is 2. The Morgan fingerprint density at radius 1 is 0.941 bits per heavy atom. The summed E-state index contributed by atoms with van der Waals surface area (Å²) in [7, 11) is 0.